The minimum atomic E-state index is -4.09. The normalized spacial score (nSPS) is 13.8. The van der Waals surface area contributed by atoms with Gasteiger partial charge in [0.05, 0.1) is 0 Å². The molecule has 55 valence electrons. The van der Waals surface area contributed by atoms with E-state index in [2.05, 4.69) is 0 Å². The van der Waals surface area contributed by atoms with Crippen LogP contribution in [-0.4, -0.2) is 24.3 Å². The highest BCUT2D eigenvalue weighted by atomic mass is 32.2. The zero-order valence-corrected chi connectivity index (χ0v) is 6.10. The van der Waals surface area contributed by atoms with Gasteiger partial charge < -0.3 is 0 Å². The molecule has 0 aromatic heterocycles. The van der Waals surface area contributed by atoms with Gasteiger partial charge in [-0.05, 0) is 13.8 Å². The van der Waals surface area contributed by atoms with Gasteiger partial charge in [0.25, 0.3) is 10.1 Å². The molecule has 5 heteroatoms. The Morgan fingerprint density at radius 1 is 1.44 bits per heavy atom. The van der Waals surface area contributed by atoms with Gasteiger partial charge in [-0.3, -0.25) is 4.55 Å². The SMILES string of the molecule is CC(C)([O])CS(=O)(=O)O. The Morgan fingerprint density at radius 3 is 1.78 bits per heavy atom. The van der Waals surface area contributed by atoms with Crippen molar-refractivity contribution in [3.05, 3.63) is 0 Å². The molecule has 0 aliphatic heterocycles. The van der Waals surface area contributed by atoms with E-state index in [-0.39, 0.29) is 0 Å². The van der Waals surface area contributed by atoms with Gasteiger partial charge in [-0.15, -0.1) is 0 Å². The summed E-state index contributed by atoms with van der Waals surface area (Å²) in [5, 5.41) is 10.6. The standard InChI is InChI=1S/C4H9O4S/c1-4(2,5)3-9(6,7)8/h3H2,1-2H3,(H,6,7,8). The van der Waals surface area contributed by atoms with Crippen LogP contribution in [0.3, 0.4) is 0 Å². The lowest BCUT2D eigenvalue weighted by atomic mass is 10.2. The van der Waals surface area contributed by atoms with Crippen molar-refractivity contribution in [3.8, 4) is 0 Å². The van der Waals surface area contributed by atoms with E-state index in [9.17, 15) is 13.5 Å². The van der Waals surface area contributed by atoms with Crippen molar-refractivity contribution in [1.29, 1.82) is 0 Å². The molecular formula is C4H9O4S. The largest absolute Gasteiger partial charge is 0.285 e. The molecule has 9 heavy (non-hydrogen) atoms. The van der Waals surface area contributed by atoms with Crippen LogP contribution in [0.2, 0.25) is 0 Å². The van der Waals surface area contributed by atoms with Crippen molar-refractivity contribution in [1.82, 2.24) is 0 Å². The Balaban J connectivity index is 4.07. The van der Waals surface area contributed by atoms with Crippen LogP contribution >= 0.6 is 0 Å². The summed E-state index contributed by atoms with van der Waals surface area (Å²) in [6.07, 6.45) is 0. The number of hydrogen-bond acceptors (Lipinski definition) is 2. The summed E-state index contributed by atoms with van der Waals surface area (Å²) in [6, 6.07) is 0. The van der Waals surface area contributed by atoms with E-state index in [1.165, 1.54) is 13.8 Å². The van der Waals surface area contributed by atoms with Crippen LogP contribution in [0.4, 0.5) is 0 Å². The highest BCUT2D eigenvalue weighted by Crippen LogP contribution is 2.04. The Labute approximate surface area is 54.3 Å². The van der Waals surface area contributed by atoms with Crippen molar-refractivity contribution in [2.45, 2.75) is 19.4 Å². The zero-order chi connectivity index (χ0) is 7.71. The molecule has 0 atom stereocenters. The molecule has 4 nitrogen and oxygen atoms in total. The molecule has 0 saturated heterocycles. The lowest BCUT2D eigenvalue weighted by molar-refractivity contribution is 0.0238. The number of hydrogen-bond donors (Lipinski definition) is 1. The van der Waals surface area contributed by atoms with Crippen molar-refractivity contribution in [3.63, 3.8) is 0 Å². The lowest BCUT2D eigenvalue weighted by Gasteiger charge is -2.09. The molecule has 0 unspecified atom stereocenters. The second-order valence-corrected chi connectivity index (χ2v) is 3.94. The van der Waals surface area contributed by atoms with Crippen molar-refractivity contribution in [2.75, 3.05) is 5.75 Å². The van der Waals surface area contributed by atoms with Crippen LogP contribution in [0.5, 0.6) is 0 Å². The molecule has 0 aliphatic rings. The fourth-order valence-corrected chi connectivity index (χ4v) is 1.32. The first kappa shape index (κ1) is 8.87. The van der Waals surface area contributed by atoms with E-state index < -0.39 is 21.5 Å². The molecule has 0 spiro atoms. The monoisotopic (exact) mass is 153 g/mol. The van der Waals surface area contributed by atoms with Gasteiger partial charge >= 0.3 is 0 Å². The van der Waals surface area contributed by atoms with Gasteiger partial charge in [0.1, 0.15) is 11.4 Å². The minimum Gasteiger partial charge on any atom is -0.285 e. The Bertz CT molecular complexity index is 173. The fourth-order valence-electron chi connectivity index (χ4n) is 0.439. The first-order chi connectivity index (χ1) is 3.71. The van der Waals surface area contributed by atoms with E-state index in [1.54, 1.807) is 0 Å². The van der Waals surface area contributed by atoms with Crippen LogP contribution in [0.1, 0.15) is 13.8 Å². The van der Waals surface area contributed by atoms with Gasteiger partial charge in [-0.2, -0.15) is 8.42 Å². The highest BCUT2D eigenvalue weighted by molar-refractivity contribution is 7.85. The van der Waals surface area contributed by atoms with Crippen molar-refractivity contribution in [2.24, 2.45) is 0 Å². The molecule has 0 aromatic carbocycles. The molecule has 0 aromatic rings. The summed E-state index contributed by atoms with van der Waals surface area (Å²) in [6.45, 7) is 2.39. The average Bonchev–Trinajstić information content (AvgIpc) is 1.14. The molecular weight excluding hydrogens is 144 g/mol. The Hall–Kier alpha value is -0.130. The first-order valence-electron chi connectivity index (χ1n) is 2.36. The molecule has 0 saturated carbocycles. The van der Waals surface area contributed by atoms with Gasteiger partial charge in [-0.25, -0.2) is 5.11 Å². The van der Waals surface area contributed by atoms with Crippen LogP contribution in [0, 0.1) is 0 Å². The maximum Gasteiger partial charge on any atom is 0.267 e. The maximum absolute atomic E-state index is 10.6. The Morgan fingerprint density at radius 2 is 1.78 bits per heavy atom. The fraction of sp³-hybridized carbons (Fsp3) is 1.00. The van der Waals surface area contributed by atoms with Gasteiger partial charge in [0.2, 0.25) is 0 Å². The van der Waals surface area contributed by atoms with Crippen LogP contribution in [-0.2, 0) is 15.2 Å². The van der Waals surface area contributed by atoms with Crippen LogP contribution in [0.15, 0.2) is 0 Å². The summed E-state index contributed by atoms with van der Waals surface area (Å²) in [7, 11) is -4.09. The van der Waals surface area contributed by atoms with E-state index >= 15 is 0 Å². The third-order valence-electron chi connectivity index (χ3n) is 0.530. The molecule has 1 N–H and O–H groups in total. The quantitative estimate of drug-likeness (QED) is 0.571. The summed E-state index contributed by atoms with van der Waals surface area (Å²) in [4.78, 5) is 0. The molecule has 0 rings (SSSR count). The van der Waals surface area contributed by atoms with Crippen molar-refractivity contribution < 1.29 is 18.1 Å². The third kappa shape index (κ3) is 7.87. The maximum atomic E-state index is 10.6. The van der Waals surface area contributed by atoms with E-state index in [0.29, 0.717) is 0 Å². The molecule has 0 bridgehead atoms. The highest BCUT2D eigenvalue weighted by Gasteiger charge is 2.22. The molecule has 1 radical (unpaired) electrons. The second-order valence-electron chi connectivity index (χ2n) is 2.49. The summed E-state index contributed by atoms with van der Waals surface area (Å²) >= 11 is 0. The molecule has 0 aliphatic carbocycles. The van der Waals surface area contributed by atoms with E-state index in [0.717, 1.165) is 0 Å². The van der Waals surface area contributed by atoms with Crippen molar-refractivity contribution >= 4 is 10.1 Å². The second kappa shape index (κ2) is 2.24. The summed E-state index contributed by atoms with van der Waals surface area (Å²) in [5.74, 6) is -0.736. The zero-order valence-electron chi connectivity index (χ0n) is 5.29. The predicted molar refractivity (Wildman–Crippen MR) is 31.2 cm³/mol. The topological polar surface area (TPSA) is 74.3 Å². The Kier molecular flexibility index (Phi) is 2.21. The minimum absolute atomic E-state index is 0.736. The summed E-state index contributed by atoms with van der Waals surface area (Å²) < 4.78 is 28.1. The lowest BCUT2D eigenvalue weighted by Crippen LogP contribution is -2.28. The van der Waals surface area contributed by atoms with Crippen LogP contribution < -0.4 is 0 Å². The number of rotatable bonds is 2. The van der Waals surface area contributed by atoms with Crippen LogP contribution in [0.25, 0.3) is 0 Å². The molecule has 0 heterocycles. The van der Waals surface area contributed by atoms with E-state index in [1.807, 2.05) is 0 Å². The van der Waals surface area contributed by atoms with E-state index in [4.69, 9.17) is 4.55 Å². The summed E-state index contributed by atoms with van der Waals surface area (Å²) in [5.41, 5.74) is -1.60. The average molecular weight is 153 g/mol. The smallest absolute Gasteiger partial charge is 0.267 e. The molecule has 0 fully saturated rings. The predicted octanol–water partition coefficient (Wildman–Crippen LogP) is 0.0833. The first-order valence-corrected chi connectivity index (χ1v) is 3.97. The van der Waals surface area contributed by atoms with Gasteiger partial charge in [0.15, 0.2) is 0 Å². The van der Waals surface area contributed by atoms with Gasteiger partial charge in [-0.1, -0.05) is 0 Å². The molecule has 0 amide bonds. The third-order valence-corrected chi connectivity index (χ3v) is 1.59. The van der Waals surface area contributed by atoms with Gasteiger partial charge in [0, 0.05) is 0 Å².